The molecular formula is C23H24N4O3S. The number of hydrogen-bond acceptors (Lipinski definition) is 5. The molecule has 0 radical (unpaired) electrons. The van der Waals surface area contributed by atoms with E-state index in [4.69, 9.17) is 0 Å². The Kier molecular flexibility index (Phi) is 6.27. The van der Waals surface area contributed by atoms with Gasteiger partial charge in [-0.05, 0) is 29.5 Å². The number of carbonyl (C=O) groups is 2. The van der Waals surface area contributed by atoms with E-state index >= 15 is 0 Å². The van der Waals surface area contributed by atoms with Crippen LogP contribution in [0.5, 0.6) is 0 Å². The molecule has 0 atom stereocenters. The van der Waals surface area contributed by atoms with Crippen molar-refractivity contribution in [3.8, 4) is 0 Å². The summed E-state index contributed by atoms with van der Waals surface area (Å²) in [5, 5.41) is 4.70. The molecule has 0 saturated heterocycles. The zero-order valence-corrected chi connectivity index (χ0v) is 18.2. The highest BCUT2D eigenvalue weighted by molar-refractivity contribution is 7.07. The molecule has 0 aliphatic carbocycles. The molecule has 0 fully saturated rings. The average Bonchev–Trinajstić information content (AvgIpc) is 3.30. The van der Waals surface area contributed by atoms with E-state index in [2.05, 4.69) is 10.3 Å². The maximum atomic E-state index is 13.3. The smallest absolute Gasteiger partial charge is 0.263 e. The lowest BCUT2D eigenvalue weighted by molar-refractivity contribution is -0.129. The van der Waals surface area contributed by atoms with Gasteiger partial charge in [0.2, 0.25) is 5.91 Å². The first-order valence-electron chi connectivity index (χ1n) is 10.2. The summed E-state index contributed by atoms with van der Waals surface area (Å²) in [5.41, 5.74) is 5.08. The summed E-state index contributed by atoms with van der Waals surface area (Å²) in [7, 11) is 0. The van der Waals surface area contributed by atoms with E-state index in [1.807, 2.05) is 41.9 Å². The summed E-state index contributed by atoms with van der Waals surface area (Å²) in [4.78, 5) is 44.1. The summed E-state index contributed by atoms with van der Waals surface area (Å²) in [6.07, 6.45) is 2.98. The van der Waals surface area contributed by atoms with Gasteiger partial charge < -0.3 is 14.8 Å². The van der Waals surface area contributed by atoms with E-state index in [0.29, 0.717) is 32.5 Å². The van der Waals surface area contributed by atoms with Gasteiger partial charge in [-0.2, -0.15) is 0 Å². The quantitative estimate of drug-likeness (QED) is 0.643. The Labute approximate surface area is 184 Å². The minimum absolute atomic E-state index is 0.0118. The van der Waals surface area contributed by atoms with Gasteiger partial charge in [-0.1, -0.05) is 30.3 Å². The van der Waals surface area contributed by atoms with Crippen LogP contribution in [0.3, 0.4) is 0 Å². The van der Waals surface area contributed by atoms with Crippen LogP contribution in [0.15, 0.2) is 52.2 Å². The van der Waals surface area contributed by atoms with Crippen molar-refractivity contribution in [3.63, 3.8) is 0 Å². The second-order valence-corrected chi connectivity index (χ2v) is 8.31. The Bertz CT molecular complexity index is 1140. The minimum atomic E-state index is -0.389. The highest BCUT2D eigenvalue weighted by atomic mass is 32.1. The third kappa shape index (κ3) is 4.74. The second kappa shape index (κ2) is 9.26. The van der Waals surface area contributed by atoms with Crippen LogP contribution in [-0.2, 0) is 37.3 Å². The van der Waals surface area contributed by atoms with Crippen molar-refractivity contribution < 1.29 is 9.59 Å². The summed E-state index contributed by atoms with van der Waals surface area (Å²) in [5.74, 6) is -0.401. The first kappa shape index (κ1) is 21.0. The number of rotatable bonds is 6. The normalized spacial score (nSPS) is 13.0. The highest BCUT2D eigenvalue weighted by Gasteiger charge is 2.27. The summed E-state index contributed by atoms with van der Waals surface area (Å²) >= 11 is 1.46. The van der Waals surface area contributed by atoms with Crippen molar-refractivity contribution in [3.05, 3.63) is 85.7 Å². The number of nitrogens with zero attached hydrogens (tertiary/aromatic N) is 3. The van der Waals surface area contributed by atoms with Gasteiger partial charge in [0.15, 0.2) is 0 Å². The van der Waals surface area contributed by atoms with Gasteiger partial charge in [0.1, 0.15) is 5.56 Å². The van der Waals surface area contributed by atoms with E-state index in [9.17, 15) is 14.4 Å². The number of amides is 2. The molecular weight excluding hydrogens is 412 g/mol. The molecule has 3 aromatic rings. The summed E-state index contributed by atoms with van der Waals surface area (Å²) < 4.78 is 1.60. The van der Waals surface area contributed by atoms with Gasteiger partial charge in [-0.25, -0.2) is 4.98 Å². The van der Waals surface area contributed by atoms with Crippen LogP contribution in [0, 0.1) is 0 Å². The van der Waals surface area contributed by atoms with Crippen LogP contribution in [0.1, 0.15) is 39.7 Å². The maximum Gasteiger partial charge on any atom is 0.263 e. The number of benzene rings is 1. The lowest BCUT2D eigenvalue weighted by Crippen LogP contribution is -2.40. The molecule has 3 heterocycles. The van der Waals surface area contributed by atoms with E-state index < -0.39 is 0 Å². The third-order valence-corrected chi connectivity index (χ3v) is 6.17. The van der Waals surface area contributed by atoms with Gasteiger partial charge >= 0.3 is 0 Å². The van der Waals surface area contributed by atoms with Crippen molar-refractivity contribution in [2.24, 2.45) is 0 Å². The Morgan fingerprint density at radius 3 is 2.74 bits per heavy atom. The zero-order chi connectivity index (χ0) is 21.8. The Morgan fingerprint density at radius 1 is 1.23 bits per heavy atom. The number of fused-ring (bicyclic) bond motifs is 1. The molecule has 8 heteroatoms. The monoisotopic (exact) mass is 436 g/mol. The van der Waals surface area contributed by atoms with Crippen LogP contribution in [-0.4, -0.2) is 32.8 Å². The second-order valence-electron chi connectivity index (χ2n) is 7.60. The van der Waals surface area contributed by atoms with E-state index in [-0.39, 0.29) is 29.5 Å². The number of hydrogen-bond donors (Lipinski definition) is 1. The van der Waals surface area contributed by atoms with Gasteiger partial charge in [-0.3, -0.25) is 14.4 Å². The highest BCUT2D eigenvalue weighted by Crippen LogP contribution is 2.21. The number of thiazole rings is 1. The molecule has 1 aliphatic rings. The fourth-order valence-electron chi connectivity index (χ4n) is 3.86. The minimum Gasteiger partial charge on any atom is -0.346 e. The summed E-state index contributed by atoms with van der Waals surface area (Å²) in [6, 6.07) is 9.92. The fourth-order valence-corrected chi connectivity index (χ4v) is 4.42. The lowest BCUT2D eigenvalue weighted by Gasteiger charge is -2.29. The van der Waals surface area contributed by atoms with Crippen LogP contribution in [0.25, 0.3) is 0 Å². The Balaban J connectivity index is 1.66. The molecule has 1 aliphatic heterocycles. The number of pyridine rings is 1. The van der Waals surface area contributed by atoms with Crippen molar-refractivity contribution in [1.82, 2.24) is 19.8 Å². The lowest BCUT2D eigenvalue weighted by atomic mass is 9.96. The number of carbonyl (C=O) groups excluding carboxylic acids is 2. The van der Waals surface area contributed by atoms with Crippen molar-refractivity contribution in [2.45, 2.75) is 39.4 Å². The standard InChI is InChI=1S/C23H24N4O3S/c1-16(28)26-10-8-20-18(12-26)13-27(9-7-17-5-3-2-4-6-17)23(30)21(20)22(29)24-11-19-14-31-15-25-19/h2-6,13-15H,7-12H2,1H3,(H,24,29). The van der Waals surface area contributed by atoms with Crippen LogP contribution < -0.4 is 10.9 Å². The first-order valence-corrected chi connectivity index (χ1v) is 11.2. The van der Waals surface area contributed by atoms with Gasteiger partial charge in [0.05, 0.1) is 17.7 Å². The predicted octanol–water partition coefficient (Wildman–Crippen LogP) is 2.38. The molecule has 0 bridgehead atoms. The SMILES string of the molecule is CC(=O)N1CCc2c(cn(CCc3ccccc3)c(=O)c2C(=O)NCc2cscn2)C1. The molecule has 2 amide bonds. The number of aryl methyl sites for hydroxylation is 2. The van der Waals surface area contributed by atoms with Gasteiger partial charge in [-0.15, -0.1) is 11.3 Å². The van der Waals surface area contributed by atoms with E-state index in [1.54, 1.807) is 15.0 Å². The first-order chi connectivity index (χ1) is 15.0. The van der Waals surface area contributed by atoms with Crippen molar-refractivity contribution >= 4 is 23.2 Å². The molecule has 2 aromatic heterocycles. The number of nitrogens with one attached hydrogen (secondary N) is 1. The predicted molar refractivity (Wildman–Crippen MR) is 119 cm³/mol. The molecule has 4 rings (SSSR count). The van der Waals surface area contributed by atoms with Gasteiger partial charge in [0.25, 0.3) is 11.5 Å². The maximum absolute atomic E-state index is 13.3. The van der Waals surface area contributed by atoms with Gasteiger partial charge in [0, 0.05) is 38.1 Å². The number of aromatic nitrogens is 2. The molecule has 1 aromatic carbocycles. The average molecular weight is 437 g/mol. The molecule has 7 nitrogen and oxygen atoms in total. The molecule has 160 valence electrons. The Morgan fingerprint density at radius 2 is 2.03 bits per heavy atom. The molecule has 0 unspecified atom stereocenters. The van der Waals surface area contributed by atoms with Crippen LogP contribution in [0.4, 0.5) is 0 Å². The zero-order valence-electron chi connectivity index (χ0n) is 17.3. The topological polar surface area (TPSA) is 84.3 Å². The van der Waals surface area contributed by atoms with Crippen molar-refractivity contribution in [1.29, 1.82) is 0 Å². The fraction of sp³-hybridized carbons (Fsp3) is 0.304. The third-order valence-electron chi connectivity index (χ3n) is 5.54. The summed E-state index contributed by atoms with van der Waals surface area (Å²) in [6.45, 7) is 3.18. The Hall–Kier alpha value is -3.26. The van der Waals surface area contributed by atoms with Crippen LogP contribution >= 0.6 is 11.3 Å². The van der Waals surface area contributed by atoms with Crippen molar-refractivity contribution in [2.75, 3.05) is 6.54 Å². The molecule has 0 saturated carbocycles. The molecule has 31 heavy (non-hydrogen) atoms. The molecule has 1 N–H and O–H groups in total. The van der Waals surface area contributed by atoms with E-state index in [0.717, 1.165) is 22.4 Å². The molecule has 0 spiro atoms. The van der Waals surface area contributed by atoms with Crippen LogP contribution in [0.2, 0.25) is 0 Å². The van der Waals surface area contributed by atoms with E-state index in [1.165, 1.54) is 18.3 Å². The largest absolute Gasteiger partial charge is 0.346 e.